The van der Waals surface area contributed by atoms with Crippen molar-refractivity contribution in [2.24, 2.45) is 0 Å². The molecule has 0 saturated heterocycles. The van der Waals surface area contributed by atoms with Gasteiger partial charge in [0.05, 0.1) is 17.5 Å². The number of carbonyl (C=O) groups is 1. The van der Waals surface area contributed by atoms with E-state index in [0.29, 0.717) is 13.0 Å². The zero-order valence-corrected chi connectivity index (χ0v) is 13.4. The lowest BCUT2D eigenvalue weighted by Crippen LogP contribution is -2.24. The Bertz CT molecular complexity index is 884. The standard InChI is InChI=1S/C19H20N4O/c24-18(10-15-12-22-17-4-2-8-21-19(15)17)23-11-13-5-6-16-14(9-13)3-1-7-20-16/h2,4-6,8-9,12,20,22H,1,3,7,10-11H2,(H,23,24). The molecule has 0 radical (unpaired) electrons. The Labute approximate surface area is 140 Å². The average molecular weight is 320 g/mol. The van der Waals surface area contributed by atoms with Gasteiger partial charge in [-0.05, 0) is 42.2 Å². The fraction of sp³-hybridized carbons (Fsp3) is 0.263. The number of carbonyl (C=O) groups excluding carboxylic acids is 1. The van der Waals surface area contributed by atoms with E-state index in [1.54, 1.807) is 6.20 Å². The molecule has 3 heterocycles. The fourth-order valence-electron chi connectivity index (χ4n) is 3.22. The van der Waals surface area contributed by atoms with Crippen LogP contribution >= 0.6 is 0 Å². The number of pyridine rings is 1. The maximum Gasteiger partial charge on any atom is 0.224 e. The third-order valence-corrected chi connectivity index (χ3v) is 4.46. The second-order valence-corrected chi connectivity index (χ2v) is 6.19. The molecular formula is C19H20N4O. The molecule has 0 aliphatic carbocycles. The van der Waals surface area contributed by atoms with E-state index in [1.165, 1.54) is 11.3 Å². The van der Waals surface area contributed by atoms with Crippen LogP contribution in [0.1, 0.15) is 23.1 Å². The molecule has 3 aromatic rings. The van der Waals surface area contributed by atoms with Gasteiger partial charge in [0.1, 0.15) is 0 Å². The third kappa shape index (κ3) is 2.97. The SMILES string of the molecule is O=C(Cc1c[nH]c2cccnc12)NCc1ccc2c(c1)CCCN2. The van der Waals surface area contributed by atoms with Crippen LogP contribution in [-0.4, -0.2) is 22.4 Å². The van der Waals surface area contributed by atoms with Gasteiger partial charge in [0.15, 0.2) is 0 Å². The number of hydrogen-bond donors (Lipinski definition) is 3. The summed E-state index contributed by atoms with van der Waals surface area (Å²) in [7, 11) is 0. The molecule has 0 spiro atoms. The number of aromatic nitrogens is 2. The smallest absolute Gasteiger partial charge is 0.224 e. The van der Waals surface area contributed by atoms with Crippen LogP contribution in [0.15, 0.2) is 42.7 Å². The van der Waals surface area contributed by atoms with Crippen LogP contribution in [0.5, 0.6) is 0 Å². The van der Waals surface area contributed by atoms with Crippen LogP contribution in [0.25, 0.3) is 11.0 Å². The molecule has 0 atom stereocenters. The van der Waals surface area contributed by atoms with Crippen LogP contribution in [0.4, 0.5) is 5.69 Å². The van der Waals surface area contributed by atoms with Crippen molar-refractivity contribution in [3.05, 3.63) is 59.4 Å². The van der Waals surface area contributed by atoms with E-state index in [-0.39, 0.29) is 5.91 Å². The molecule has 0 unspecified atom stereocenters. The first-order chi connectivity index (χ1) is 11.8. The summed E-state index contributed by atoms with van der Waals surface area (Å²) in [5, 5.41) is 6.41. The van der Waals surface area contributed by atoms with Crippen molar-refractivity contribution in [2.75, 3.05) is 11.9 Å². The van der Waals surface area contributed by atoms with Crippen molar-refractivity contribution in [3.8, 4) is 0 Å². The van der Waals surface area contributed by atoms with Gasteiger partial charge < -0.3 is 15.6 Å². The lowest BCUT2D eigenvalue weighted by atomic mass is 10.0. The lowest BCUT2D eigenvalue weighted by molar-refractivity contribution is -0.120. The van der Waals surface area contributed by atoms with Gasteiger partial charge in [-0.2, -0.15) is 0 Å². The molecule has 0 fully saturated rings. The minimum absolute atomic E-state index is 0.0115. The van der Waals surface area contributed by atoms with Gasteiger partial charge >= 0.3 is 0 Å². The van der Waals surface area contributed by atoms with Crippen molar-refractivity contribution in [1.82, 2.24) is 15.3 Å². The lowest BCUT2D eigenvalue weighted by Gasteiger charge is -2.18. The number of hydrogen-bond acceptors (Lipinski definition) is 3. The van der Waals surface area contributed by atoms with E-state index >= 15 is 0 Å². The van der Waals surface area contributed by atoms with Gasteiger partial charge in [-0.25, -0.2) is 0 Å². The van der Waals surface area contributed by atoms with Crippen molar-refractivity contribution >= 4 is 22.6 Å². The second-order valence-electron chi connectivity index (χ2n) is 6.19. The van der Waals surface area contributed by atoms with Gasteiger partial charge in [-0.3, -0.25) is 9.78 Å². The molecule has 3 N–H and O–H groups in total. The van der Waals surface area contributed by atoms with E-state index in [9.17, 15) is 4.79 Å². The van der Waals surface area contributed by atoms with Gasteiger partial charge in [-0.1, -0.05) is 12.1 Å². The molecule has 1 aliphatic heterocycles. The summed E-state index contributed by atoms with van der Waals surface area (Å²) < 4.78 is 0. The maximum atomic E-state index is 12.3. The number of aryl methyl sites for hydroxylation is 1. The summed E-state index contributed by atoms with van der Waals surface area (Å²) in [5.41, 5.74) is 6.46. The van der Waals surface area contributed by atoms with Crippen molar-refractivity contribution in [2.45, 2.75) is 25.8 Å². The van der Waals surface area contributed by atoms with Crippen LogP contribution < -0.4 is 10.6 Å². The highest BCUT2D eigenvalue weighted by atomic mass is 16.1. The number of anilines is 1. The summed E-state index contributed by atoms with van der Waals surface area (Å²) in [6.45, 7) is 1.60. The van der Waals surface area contributed by atoms with Crippen molar-refractivity contribution < 1.29 is 4.79 Å². The monoisotopic (exact) mass is 320 g/mol. The normalized spacial score (nSPS) is 13.3. The summed E-state index contributed by atoms with van der Waals surface area (Å²) in [6.07, 6.45) is 6.21. The molecule has 5 heteroatoms. The predicted octanol–water partition coefficient (Wildman–Crippen LogP) is 2.78. The number of rotatable bonds is 4. The van der Waals surface area contributed by atoms with Crippen molar-refractivity contribution in [1.29, 1.82) is 0 Å². The molecule has 122 valence electrons. The number of fused-ring (bicyclic) bond motifs is 2. The quantitative estimate of drug-likeness (QED) is 0.692. The zero-order valence-electron chi connectivity index (χ0n) is 13.4. The fourth-order valence-corrected chi connectivity index (χ4v) is 3.22. The number of aromatic amines is 1. The Balaban J connectivity index is 1.40. The molecule has 24 heavy (non-hydrogen) atoms. The Morgan fingerprint density at radius 2 is 2.25 bits per heavy atom. The number of amides is 1. The zero-order chi connectivity index (χ0) is 16.4. The molecule has 0 bridgehead atoms. The first kappa shape index (κ1) is 14.8. The highest BCUT2D eigenvalue weighted by molar-refractivity contribution is 5.86. The molecule has 1 amide bonds. The minimum atomic E-state index is 0.0115. The molecule has 1 aromatic carbocycles. The summed E-state index contributed by atoms with van der Waals surface area (Å²) in [5.74, 6) is 0.0115. The van der Waals surface area contributed by atoms with Gasteiger partial charge in [0, 0.05) is 36.7 Å². The van der Waals surface area contributed by atoms with Gasteiger partial charge in [0.25, 0.3) is 0 Å². The van der Waals surface area contributed by atoms with Crippen molar-refractivity contribution in [3.63, 3.8) is 0 Å². The molecule has 2 aromatic heterocycles. The Morgan fingerprint density at radius 3 is 3.21 bits per heavy atom. The average Bonchev–Trinajstić information content (AvgIpc) is 3.03. The summed E-state index contributed by atoms with van der Waals surface area (Å²) >= 11 is 0. The van der Waals surface area contributed by atoms with Crippen LogP contribution in [-0.2, 0) is 24.2 Å². The summed E-state index contributed by atoms with van der Waals surface area (Å²) in [4.78, 5) is 19.7. The topological polar surface area (TPSA) is 69.8 Å². The van der Waals surface area contributed by atoms with E-state index in [0.717, 1.165) is 41.5 Å². The van der Waals surface area contributed by atoms with E-state index < -0.39 is 0 Å². The first-order valence-corrected chi connectivity index (χ1v) is 8.33. The largest absolute Gasteiger partial charge is 0.385 e. The Kier molecular flexibility index (Phi) is 3.91. The highest BCUT2D eigenvalue weighted by Gasteiger charge is 2.11. The Hall–Kier alpha value is -2.82. The third-order valence-electron chi connectivity index (χ3n) is 4.46. The van der Waals surface area contributed by atoms with E-state index in [2.05, 4.69) is 38.8 Å². The Morgan fingerprint density at radius 1 is 1.29 bits per heavy atom. The maximum absolute atomic E-state index is 12.3. The summed E-state index contributed by atoms with van der Waals surface area (Å²) in [6, 6.07) is 10.2. The number of nitrogens with zero attached hydrogens (tertiary/aromatic N) is 1. The molecule has 4 rings (SSSR count). The van der Waals surface area contributed by atoms with Crippen LogP contribution in [0.2, 0.25) is 0 Å². The molecule has 1 aliphatic rings. The van der Waals surface area contributed by atoms with E-state index in [4.69, 9.17) is 0 Å². The molecular weight excluding hydrogens is 300 g/mol. The number of H-pyrrole nitrogens is 1. The van der Waals surface area contributed by atoms with Crippen LogP contribution in [0, 0.1) is 0 Å². The van der Waals surface area contributed by atoms with Gasteiger partial charge in [0.2, 0.25) is 5.91 Å². The molecule has 5 nitrogen and oxygen atoms in total. The van der Waals surface area contributed by atoms with E-state index in [1.807, 2.05) is 18.3 Å². The first-order valence-electron chi connectivity index (χ1n) is 8.33. The molecule has 0 saturated carbocycles. The second kappa shape index (κ2) is 6.35. The predicted molar refractivity (Wildman–Crippen MR) is 94.9 cm³/mol. The minimum Gasteiger partial charge on any atom is -0.385 e. The number of nitrogens with one attached hydrogen (secondary N) is 3. The van der Waals surface area contributed by atoms with Crippen LogP contribution in [0.3, 0.4) is 0 Å². The number of benzene rings is 1. The van der Waals surface area contributed by atoms with Gasteiger partial charge in [-0.15, -0.1) is 0 Å². The highest BCUT2D eigenvalue weighted by Crippen LogP contribution is 2.23.